The summed E-state index contributed by atoms with van der Waals surface area (Å²) in [4.78, 5) is 19.9. The second-order valence-corrected chi connectivity index (χ2v) is 8.01. The minimum absolute atomic E-state index is 0.299. The summed E-state index contributed by atoms with van der Waals surface area (Å²) in [6.07, 6.45) is 6.85. The third kappa shape index (κ3) is 19.7. The summed E-state index contributed by atoms with van der Waals surface area (Å²) in [7, 11) is 4.61. The number of ether oxygens (including phenoxy) is 2. The summed E-state index contributed by atoms with van der Waals surface area (Å²) < 4.78 is 30.4. The third-order valence-corrected chi connectivity index (χ3v) is 4.36. The van der Waals surface area contributed by atoms with Crippen LogP contribution in [0.25, 0.3) is 11.3 Å². The topological polar surface area (TPSA) is 79.5 Å². The van der Waals surface area contributed by atoms with E-state index in [0.29, 0.717) is 12.4 Å². The van der Waals surface area contributed by atoms with Gasteiger partial charge in [-0.3, -0.25) is 4.90 Å². The normalized spacial score (nSPS) is 10.3. The molecule has 0 saturated heterocycles. The van der Waals surface area contributed by atoms with Crippen LogP contribution in [0.3, 0.4) is 0 Å². The molecule has 0 saturated carbocycles. The minimum Gasteiger partial charge on any atom is -0.483 e. The van der Waals surface area contributed by atoms with Crippen molar-refractivity contribution >= 4 is 22.2 Å². The Labute approximate surface area is 217 Å². The molecule has 0 aliphatic carbocycles. The van der Waals surface area contributed by atoms with Crippen molar-refractivity contribution in [3.63, 3.8) is 0 Å². The van der Waals surface area contributed by atoms with Crippen LogP contribution in [0.1, 0.15) is 46.4 Å². The Balaban J connectivity index is 0. The van der Waals surface area contributed by atoms with E-state index in [4.69, 9.17) is 4.74 Å². The minimum atomic E-state index is -2.62. The van der Waals surface area contributed by atoms with Gasteiger partial charge in [0, 0.05) is 11.6 Å². The maximum absolute atomic E-state index is 10.5. The van der Waals surface area contributed by atoms with Gasteiger partial charge in [0.25, 0.3) is 0 Å². The van der Waals surface area contributed by atoms with Gasteiger partial charge in [0.15, 0.2) is 5.88 Å². The summed E-state index contributed by atoms with van der Waals surface area (Å²) in [6.45, 7) is 7.91. The van der Waals surface area contributed by atoms with Crippen molar-refractivity contribution in [3.05, 3.63) is 52.7 Å². The number of halogens is 3. The average Bonchev–Trinajstić information content (AvgIpc) is 3.30. The van der Waals surface area contributed by atoms with E-state index in [-0.39, 0.29) is 0 Å². The maximum Gasteiger partial charge on any atom is 0.345 e. The lowest BCUT2D eigenvalue weighted by Gasteiger charge is -2.12. The Kier molecular flexibility index (Phi) is 23.4. The van der Waals surface area contributed by atoms with Gasteiger partial charge >= 0.3 is 6.61 Å². The van der Waals surface area contributed by atoms with Gasteiger partial charge in [-0.1, -0.05) is 55.3 Å². The van der Waals surface area contributed by atoms with Crippen molar-refractivity contribution in [3.8, 4) is 11.3 Å². The highest BCUT2D eigenvalue weighted by Gasteiger charge is 2.05. The van der Waals surface area contributed by atoms with E-state index in [1.165, 1.54) is 6.42 Å². The van der Waals surface area contributed by atoms with Crippen molar-refractivity contribution in [1.29, 1.82) is 0 Å². The Morgan fingerprint density at radius 3 is 2.23 bits per heavy atom. The van der Waals surface area contributed by atoms with Crippen LogP contribution >= 0.6 is 15.9 Å². The number of hydrogen-bond acceptors (Lipinski definition) is 6. The fourth-order valence-electron chi connectivity index (χ4n) is 2.37. The number of aromatic nitrogens is 2. The number of nitrogens with one attached hydrogen (secondary N) is 2. The van der Waals surface area contributed by atoms with Gasteiger partial charge in [-0.2, -0.15) is 8.78 Å². The van der Waals surface area contributed by atoms with Gasteiger partial charge in [-0.05, 0) is 50.7 Å². The zero-order valence-corrected chi connectivity index (χ0v) is 23.5. The van der Waals surface area contributed by atoms with Gasteiger partial charge in [0.2, 0.25) is 0 Å². The number of allylic oxidation sites excluding steroid dienone is 1. The lowest BCUT2D eigenvalue weighted by atomic mass is 10.2. The van der Waals surface area contributed by atoms with E-state index >= 15 is 0 Å². The summed E-state index contributed by atoms with van der Waals surface area (Å²) in [5.41, 5.74) is 2.23. The lowest BCUT2D eigenvalue weighted by Crippen LogP contribution is -2.19. The SMILES string of the molecule is C/C=C(\NCC=O)OC.CCC.CCCN(C)Cc1ncc(-c2ccc(Br)cc2)[nH]1.COC(F)F. The molecule has 0 fully saturated rings. The van der Waals surface area contributed by atoms with Gasteiger partial charge in [-0.25, -0.2) is 4.98 Å². The van der Waals surface area contributed by atoms with Gasteiger partial charge < -0.3 is 24.6 Å². The maximum atomic E-state index is 10.5. The standard InChI is InChI=1S/C14H18BrN3.C6H11NO2.C3H8.C2H4F2O/c1-3-8-18(2)10-14-16-9-13(17-14)11-4-6-12(15)7-5-11;1-3-6(9-2)7-4-5-8;1-3-2;1-5-2(3)4/h4-7,9H,3,8,10H2,1-2H3,(H,16,17);3,5,7H,4H2,1-2H3;3H2,1-2H3;2H,1H3/b;6-3+;;. The summed E-state index contributed by atoms with van der Waals surface area (Å²) in [5.74, 6) is 1.64. The largest absolute Gasteiger partial charge is 0.483 e. The second kappa shape index (κ2) is 23.4. The molecule has 0 radical (unpaired) electrons. The fourth-order valence-corrected chi connectivity index (χ4v) is 2.63. The van der Waals surface area contributed by atoms with Crippen LogP contribution < -0.4 is 5.32 Å². The number of aldehydes is 1. The molecule has 1 heterocycles. The van der Waals surface area contributed by atoms with Crippen molar-refractivity contribution in [2.45, 2.75) is 53.7 Å². The molecule has 7 nitrogen and oxygen atoms in total. The van der Waals surface area contributed by atoms with E-state index < -0.39 is 6.61 Å². The molecule has 2 aromatic rings. The van der Waals surface area contributed by atoms with Crippen LogP contribution in [-0.2, 0) is 20.8 Å². The first-order chi connectivity index (χ1) is 16.7. The molecule has 2 N–H and O–H groups in total. The molecule has 200 valence electrons. The number of aromatic amines is 1. The van der Waals surface area contributed by atoms with Crippen molar-refractivity contribution in [2.24, 2.45) is 0 Å². The number of alkyl halides is 2. The number of imidazole rings is 1. The first kappa shape index (κ1) is 34.9. The van der Waals surface area contributed by atoms with Gasteiger partial charge in [-0.15, -0.1) is 0 Å². The average molecular weight is 564 g/mol. The molecule has 35 heavy (non-hydrogen) atoms. The molecule has 0 atom stereocenters. The number of hydrogen-bond donors (Lipinski definition) is 2. The number of carbonyl (C=O) groups is 1. The summed E-state index contributed by atoms with van der Waals surface area (Å²) in [5, 5.41) is 2.74. The Bertz CT molecular complexity index is 787. The molecule has 0 spiro atoms. The van der Waals surface area contributed by atoms with E-state index in [9.17, 15) is 13.6 Å². The summed E-state index contributed by atoms with van der Waals surface area (Å²) >= 11 is 3.44. The van der Waals surface area contributed by atoms with E-state index in [1.54, 1.807) is 13.2 Å². The molecule has 0 aliphatic rings. The van der Waals surface area contributed by atoms with Crippen LogP contribution in [0.2, 0.25) is 0 Å². The Morgan fingerprint density at radius 2 is 1.80 bits per heavy atom. The zero-order chi connectivity index (χ0) is 27.1. The molecule has 0 bridgehead atoms. The van der Waals surface area contributed by atoms with Gasteiger partial charge in [0.1, 0.15) is 12.1 Å². The van der Waals surface area contributed by atoms with Crippen LogP contribution in [-0.4, -0.2) is 62.1 Å². The number of benzene rings is 1. The molecule has 10 heteroatoms. The summed E-state index contributed by atoms with van der Waals surface area (Å²) in [6, 6.07) is 8.24. The zero-order valence-electron chi connectivity index (χ0n) is 21.9. The highest BCUT2D eigenvalue weighted by molar-refractivity contribution is 9.10. The molecule has 0 unspecified atom stereocenters. The fraction of sp³-hybridized carbons (Fsp3) is 0.520. The number of nitrogens with zero attached hydrogens (tertiary/aromatic N) is 2. The number of rotatable bonds is 10. The van der Waals surface area contributed by atoms with Crippen molar-refractivity contribution < 1.29 is 23.0 Å². The molecule has 1 aromatic heterocycles. The van der Waals surface area contributed by atoms with Crippen molar-refractivity contribution in [2.75, 3.05) is 34.4 Å². The first-order valence-electron chi connectivity index (χ1n) is 11.4. The van der Waals surface area contributed by atoms with Crippen LogP contribution in [0, 0.1) is 0 Å². The predicted octanol–water partition coefficient (Wildman–Crippen LogP) is 6.24. The molecular weight excluding hydrogens is 522 g/mol. The molecular formula is C25H41BrF2N4O3. The van der Waals surface area contributed by atoms with Gasteiger partial charge in [0.05, 0.1) is 32.1 Å². The molecule has 2 rings (SSSR count). The van der Waals surface area contributed by atoms with Crippen LogP contribution in [0.15, 0.2) is 46.9 Å². The molecule has 0 aliphatic heterocycles. The predicted molar refractivity (Wildman–Crippen MR) is 142 cm³/mol. The van der Waals surface area contributed by atoms with E-state index in [0.717, 1.165) is 54.5 Å². The third-order valence-electron chi connectivity index (χ3n) is 3.83. The number of methoxy groups -OCH3 is 2. The molecule has 1 aromatic carbocycles. The highest BCUT2D eigenvalue weighted by atomic mass is 79.9. The monoisotopic (exact) mass is 562 g/mol. The molecule has 0 amide bonds. The number of carbonyl (C=O) groups excluding carboxylic acids is 1. The van der Waals surface area contributed by atoms with E-state index in [2.05, 4.69) is 80.8 Å². The smallest absolute Gasteiger partial charge is 0.345 e. The highest BCUT2D eigenvalue weighted by Crippen LogP contribution is 2.20. The number of H-pyrrole nitrogens is 1. The Morgan fingerprint density at radius 1 is 1.23 bits per heavy atom. The van der Waals surface area contributed by atoms with E-state index in [1.807, 2.05) is 25.3 Å². The Hall–Kier alpha value is -2.30. The quantitative estimate of drug-likeness (QED) is 0.263. The second-order valence-electron chi connectivity index (χ2n) is 7.10. The van der Waals surface area contributed by atoms with Crippen LogP contribution in [0.4, 0.5) is 8.78 Å². The van der Waals surface area contributed by atoms with Crippen molar-refractivity contribution in [1.82, 2.24) is 20.2 Å². The first-order valence-corrected chi connectivity index (χ1v) is 12.2. The lowest BCUT2D eigenvalue weighted by molar-refractivity contribution is -0.107. The van der Waals surface area contributed by atoms with Crippen LogP contribution in [0.5, 0.6) is 0 Å².